The van der Waals surface area contributed by atoms with Crippen molar-refractivity contribution in [2.45, 2.75) is 60.9 Å². The molecule has 1 aliphatic heterocycles. The molecule has 82 valence electrons. The minimum atomic E-state index is 0. The number of hydrogen-bond donors (Lipinski definition) is 0. The Hall–Kier alpha value is -0.0400. The van der Waals surface area contributed by atoms with Crippen LogP contribution in [0.3, 0.4) is 0 Å². The van der Waals surface area contributed by atoms with E-state index >= 15 is 0 Å². The van der Waals surface area contributed by atoms with E-state index in [9.17, 15) is 0 Å². The molecule has 0 atom stereocenters. The van der Waals surface area contributed by atoms with Crippen molar-refractivity contribution < 1.29 is 0 Å². The normalized spacial score (nSPS) is 18.9. The topological polar surface area (TPSA) is 3.24 Å². The van der Waals surface area contributed by atoms with Gasteiger partial charge in [-0.05, 0) is 45.7 Å². The van der Waals surface area contributed by atoms with Gasteiger partial charge in [0.05, 0.1) is 0 Å². The third-order valence-electron chi connectivity index (χ3n) is 2.55. The van der Waals surface area contributed by atoms with Crippen molar-refractivity contribution >= 4 is 0 Å². The molecule has 0 unspecified atom stereocenters. The van der Waals surface area contributed by atoms with Gasteiger partial charge in [-0.15, -0.1) is 0 Å². The number of likely N-dealkylation sites (tertiary alicyclic amines) is 1. The van der Waals surface area contributed by atoms with E-state index in [1.54, 1.807) is 0 Å². The Labute approximate surface area is 85.5 Å². The smallest absolute Gasteiger partial charge is 0.00385 e. The lowest BCUT2D eigenvalue weighted by Crippen LogP contribution is -2.37. The minimum Gasteiger partial charge on any atom is -0.301 e. The van der Waals surface area contributed by atoms with E-state index in [4.69, 9.17) is 0 Å². The molecule has 1 heterocycles. The van der Waals surface area contributed by atoms with Crippen LogP contribution in [0.4, 0.5) is 0 Å². The highest BCUT2D eigenvalue weighted by atomic mass is 15.1. The average Bonchev–Trinajstić information content (AvgIpc) is 2.09. The van der Waals surface area contributed by atoms with Crippen LogP contribution in [0.2, 0.25) is 0 Å². The van der Waals surface area contributed by atoms with Crippen molar-refractivity contribution in [2.75, 3.05) is 13.1 Å². The second kappa shape index (κ2) is 8.55. The summed E-state index contributed by atoms with van der Waals surface area (Å²) in [7, 11) is 0. The van der Waals surface area contributed by atoms with Crippen LogP contribution in [0.15, 0.2) is 0 Å². The molecule has 0 aromatic carbocycles. The van der Waals surface area contributed by atoms with Crippen molar-refractivity contribution in [3.05, 3.63) is 0 Å². The summed E-state index contributed by atoms with van der Waals surface area (Å²) < 4.78 is 0. The van der Waals surface area contributed by atoms with E-state index in [0.29, 0.717) is 0 Å². The van der Waals surface area contributed by atoms with E-state index in [-0.39, 0.29) is 7.43 Å². The van der Waals surface area contributed by atoms with Gasteiger partial charge >= 0.3 is 0 Å². The number of piperidine rings is 1. The second-order valence-electron chi connectivity index (χ2n) is 3.81. The fraction of sp³-hybridized carbons (Fsp3) is 1.00. The van der Waals surface area contributed by atoms with Gasteiger partial charge in [0.1, 0.15) is 0 Å². The van der Waals surface area contributed by atoms with Crippen LogP contribution in [-0.2, 0) is 0 Å². The first kappa shape index (κ1) is 15.4. The van der Waals surface area contributed by atoms with E-state index in [1.165, 1.54) is 25.9 Å². The molecule has 1 aliphatic rings. The summed E-state index contributed by atoms with van der Waals surface area (Å²) in [6.07, 6.45) is 2.80. The first-order valence-electron chi connectivity index (χ1n) is 5.44. The SMILES string of the molecule is C.CC.CC1CCN(C(C)C)CC1. The Bertz CT molecular complexity index is 91.3. The fourth-order valence-corrected chi connectivity index (χ4v) is 1.54. The van der Waals surface area contributed by atoms with Crippen LogP contribution >= 0.6 is 0 Å². The predicted molar refractivity (Wildman–Crippen MR) is 63.2 cm³/mol. The predicted octanol–water partition coefficient (Wildman–Crippen LogP) is 3.79. The van der Waals surface area contributed by atoms with Crippen LogP contribution < -0.4 is 0 Å². The van der Waals surface area contributed by atoms with Gasteiger partial charge in [-0.1, -0.05) is 28.2 Å². The lowest BCUT2D eigenvalue weighted by molar-refractivity contribution is 0.156. The Morgan fingerprint density at radius 1 is 1.08 bits per heavy atom. The maximum absolute atomic E-state index is 2.57. The monoisotopic (exact) mass is 187 g/mol. The van der Waals surface area contributed by atoms with Gasteiger partial charge in [0.25, 0.3) is 0 Å². The molecule has 0 N–H and O–H groups in total. The fourth-order valence-electron chi connectivity index (χ4n) is 1.54. The molecule has 1 heteroatoms. The summed E-state index contributed by atoms with van der Waals surface area (Å²) in [6, 6.07) is 0.757. The summed E-state index contributed by atoms with van der Waals surface area (Å²) in [6.45, 7) is 13.6. The quantitative estimate of drug-likeness (QED) is 0.604. The number of nitrogens with zero attached hydrogens (tertiary/aromatic N) is 1. The molecule has 0 aliphatic carbocycles. The second-order valence-corrected chi connectivity index (χ2v) is 3.81. The summed E-state index contributed by atoms with van der Waals surface area (Å²) >= 11 is 0. The van der Waals surface area contributed by atoms with E-state index < -0.39 is 0 Å². The molecule has 0 amide bonds. The molecule has 0 aromatic rings. The Balaban J connectivity index is 0. The zero-order valence-electron chi connectivity index (χ0n) is 9.43. The molecular weight excluding hydrogens is 158 g/mol. The largest absolute Gasteiger partial charge is 0.301 e. The van der Waals surface area contributed by atoms with E-state index in [2.05, 4.69) is 25.7 Å². The van der Waals surface area contributed by atoms with Crippen molar-refractivity contribution in [1.82, 2.24) is 4.90 Å². The van der Waals surface area contributed by atoms with Crippen molar-refractivity contribution in [3.8, 4) is 0 Å². The zero-order chi connectivity index (χ0) is 9.56. The first-order valence-corrected chi connectivity index (χ1v) is 5.44. The van der Waals surface area contributed by atoms with Crippen molar-refractivity contribution in [2.24, 2.45) is 5.92 Å². The highest BCUT2D eigenvalue weighted by Crippen LogP contribution is 2.17. The van der Waals surface area contributed by atoms with Crippen molar-refractivity contribution in [1.29, 1.82) is 0 Å². The third kappa shape index (κ3) is 6.09. The molecule has 1 fully saturated rings. The van der Waals surface area contributed by atoms with Gasteiger partial charge in [0.2, 0.25) is 0 Å². The van der Waals surface area contributed by atoms with E-state index in [0.717, 1.165) is 12.0 Å². The molecule has 13 heavy (non-hydrogen) atoms. The summed E-state index contributed by atoms with van der Waals surface area (Å²) in [5.41, 5.74) is 0. The molecule has 1 rings (SSSR count). The van der Waals surface area contributed by atoms with Gasteiger partial charge < -0.3 is 4.90 Å². The molecule has 0 aromatic heterocycles. The minimum absolute atomic E-state index is 0. The van der Waals surface area contributed by atoms with Crippen LogP contribution in [0.25, 0.3) is 0 Å². The van der Waals surface area contributed by atoms with Crippen LogP contribution in [0.1, 0.15) is 54.9 Å². The molecule has 0 bridgehead atoms. The lowest BCUT2D eigenvalue weighted by atomic mass is 9.98. The van der Waals surface area contributed by atoms with Crippen LogP contribution in [-0.4, -0.2) is 24.0 Å². The highest BCUT2D eigenvalue weighted by Gasteiger charge is 2.16. The summed E-state index contributed by atoms with van der Waals surface area (Å²) in [4.78, 5) is 2.57. The first-order chi connectivity index (χ1) is 5.70. The highest BCUT2D eigenvalue weighted by molar-refractivity contribution is 4.71. The molecule has 1 saturated heterocycles. The Morgan fingerprint density at radius 3 is 1.77 bits per heavy atom. The number of hydrogen-bond acceptors (Lipinski definition) is 1. The maximum atomic E-state index is 2.57. The van der Waals surface area contributed by atoms with Gasteiger partial charge in [-0.3, -0.25) is 0 Å². The molecule has 0 spiro atoms. The molecule has 0 radical (unpaired) electrons. The van der Waals surface area contributed by atoms with Crippen LogP contribution in [0, 0.1) is 5.92 Å². The van der Waals surface area contributed by atoms with Gasteiger partial charge in [0.15, 0.2) is 0 Å². The van der Waals surface area contributed by atoms with Crippen molar-refractivity contribution in [3.63, 3.8) is 0 Å². The zero-order valence-corrected chi connectivity index (χ0v) is 9.43. The number of rotatable bonds is 1. The Morgan fingerprint density at radius 2 is 1.46 bits per heavy atom. The maximum Gasteiger partial charge on any atom is 0.00385 e. The average molecular weight is 187 g/mol. The third-order valence-corrected chi connectivity index (χ3v) is 2.55. The van der Waals surface area contributed by atoms with Gasteiger partial charge in [-0.2, -0.15) is 0 Å². The lowest BCUT2D eigenvalue weighted by Gasteiger charge is -2.33. The molecular formula is C12H29N. The van der Waals surface area contributed by atoms with Crippen LogP contribution in [0.5, 0.6) is 0 Å². The standard InChI is InChI=1S/C9H19N.C2H6.CH4/c1-8(2)10-6-4-9(3)5-7-10;1-2;/h8-9H,4-7H2,1-3H3;1-2H3;1H4. The Kier molecular flexibility index (Phi) is 10.2. The molecule has 0 saturated carbocycles. The van der Waals surface area contributed by atoms with Gasteiger partial charge in [-0.25, -0.2) is 0 Å². The summed E-state index contributed by atoms with van der Waals surface area (Å²) in [5, 5.41) is 0. The van der Waals surface area contributed by atoms with Gasteiger partial charge in [0, 0.05) is 6.04 Å². The molecule has 1 nitrogen and oxygen atoms in total. The van der Waals surface area contributed by atoms with E-state index in [1.807, 2.05) is 13.8 Å². The summed E-state index contributed by atoms with van der Waals surface area (Å²) in [5.74, 6) is 0.968.